The Morgan fingerprint density at radius 2 is 1.47 bits per heavy atom. The molecule has 0 radical (unpaired) electrons. The van der Waals surface area contributed by atoms with Gasteiger partial charge in [0.2, 0.25) is 0 Å². The summed E-state index contributed by atoms with van der Waals surface area (Å²) in [5, 5.41) is 66.9. The molecule has 4 aliphatic carbocycles. The Kier molecular flexibility index (Phi) is 7.39. The minimum Gasteiger partial charge on any atom is -0.396 e. The van der Waals surface area contributed by atoms with Crippen molar-refractivity contribution >= 4 is 0 Å². The normalized spacial score (nSPS) is 54.9. The largest absolute Gasteiger partial charge is 0.396 e. The molecule has 6 N–H and O–H groups in total. The van der Waals surface area contributed by atoms with E-state index in [2.05, 4.69) is 20.8 Å². The maximum atomic E-state index is 12.8. The van der Waals surface area contributed by atoms with E-state index in [9.17, 15) is 30.6 Å². The van der Waals surface area contributed by atoms with E-state index in [4.69, 9.17) is 9.47 Å². The lowest BCUT2D eigenvalue weighted by Gasteiger charge is -2.68. The first-order chi connectivity index (χ1) is 17.6. The van der Waals surface area contributed by atoms with E-state index in [0.717, 1.165) is 25.7 Å². The number of hydrogen-bond donors (Lipinski definition) is 6. The van der Waals surface area contributed by atoms with Crippen molar-refractivity contribution in [2.75, 3.05) is 6.61 Å². The van der Waals surface area contributed by atoms with Crippen LogP contribution in [0.3, 0.4) is 0 Å². The number of ether oxygens (including phenoxy) is 2. The van der Waals surface area contributed by atoms with E-state index >= 15 is 0 Å². The summed E-state index contributed by atoms with van der Waals surface area (Å²) in [5.74, 6) is -1.70. The van der Waals surface area contributed by atoms with Crippen LogP contribution in [0.25, 0.3) is 0 Å². The van der Waals surface area contributed by atoms with Crippen molar-refractivity contribution in [2.45, 2.75) is 135 Å². The number of aliphatic hydroxyl groups excluding tert-OH is 5. The Morgan fingerprint density at radius 1 is 0.842 bits per heavy atom. The lowest BCUT2D eigenvalue weighted by Crippen LogP contribution is -2.77. The number of fused-ring (bicyclic) bond motifs is 7. The van der Waals surface area contributed by atoms with Gasteiger partial charge in [-0.25, -0.2) is 0 Å². The van der Waals surface area contributed by atoms with E-state index in [-0.39, 0.29) is 41.8 Å². The highest BCUT2D eigenvalue weighted by molar-refractivity contribution is 5.26. The van der Waals surface area contributed by atoms with Crippen LogP contribution in [0.15, 0.2) is 0 Å². The molecule has 220 valence electrons. The Morgan fingerprint density at radius 3 is 2.13 bits per heavy atom. The second-order valence-electron chi connectivity index (χ2n) is 14.8. The fraction of sp³-hybridized carbons (Fsp3) is 1.00. The standard InChI is InChI=1S/C30H52O8/c1-15(14-31)8-7-9-16(2)19-23-24(38-27(3,4)37-23)25-29(19,6)13-11-18-28(5)12-10-17(32)21(33)20(28)22(34)26(35)30(18,25)36/h15-26,31-36H,7-14H2,1-6H3/t15?,16-,17+,18-,19+,20-,21+,22-,23-,24-,25-,26-,28-,29-,30+/m1/s1. The van der Waals surface area contributed by atoms with Gasteiger partial charge < -0.3 is 40.1 Å². The molecule has 1 heterocycles. The van der Waals surface area contributed by atoms with Crippen molar-refractivity contribution in [3.8, 4) is 0 Å². The van der Waals surface area contributed by atoms with Gasteiger partial charge in [0, 0.05) is 18.4 Å². The fourth-order valence-corrected chi connectivity index (χ4v) is 10.5. The van der Waals surface area contributed by atoms with Gasteiger partial charge in [0.25, 0.3) is 0 Å². The second kappa shape index (κ2) is 9.62. The SMILES string of the molecule is CC(CO)CCC[C@@H](C)[C@H]1[C@H]2OC(C)(C)O[C@H]2[C@@H]2[C@]1(C)CC[C@@H]1[C@@]3(C)CC[C@H](O)[C@H](O)[C@@H]3[C@@H](O)[C@@H](O)[C@]12O. The molecule has 1 unspecified atom stereocenters. The number of hydrogen-bond acceptors (Lipinski definition) is 8. The van der Waals surface area contributed by atoms with Crippen molar-refractivity contribution in [2.24, 2.45) is 46.3 Å². The predicted molar refractivity (Wildman–Crippen MR) is 141 cm³/mol. The summed E-state index contributed by atoms with van der Waals surface area (Å²) in [6, 6.07) is 0. The van der Waals surface area contributed by atoms with Crippen LogP contribution in [0.5, 0.6) is 0 Å². The van der Waals surface area contributed by atoms with Crippen molar-refractivity contribution < 1.29 is 40.1 Å². The maximum absolute atomic E-state index is 12.8. The maximum Gasteiger partial charge on any atom is 0.163 e. The van der Waals surface area contributed by atoms with Gasteiger partial charge in [0.15, 0.2) is 5.79 Å². The first kappa shape index (κ1) is 29.2. The molecule has 8 heteroatoms. The van der Waals surface area contributed by atoms with Crippen LogP contribution < -0.4 is 0 Å². The van der Waals surface area contributed by atoms with Gasteiger partial charge in [0.05, 0.1) is 30.5 Å². The van der Waals surface area contributed by atoms with Crippen molar-refractivity contribution in [3.05, 3.63) is 0 Å². The lowest BCUT2D eigenvalue weighted by atomic mass is 9.40. The summed E-state index contributed by atoms with van der Waals surface area (Å²) in [7, 11) is 0. The van der Waals surface area contributed by atoms with E-state index in [1.165, 1.54) is 0 Å². The van der Waals surface area contributed by atoms with Crippen LogP contribution in [0.2, 0.25) is 0 Å². The lowest BCUT2D eigenvalue weighted by molar-refractivity contribution is -0.327. The molecular formula is C30H52O8. The van der Waals surface area contributed by atoms with Gasteiger partial charge in [-0.15, -0.1) is 0 Å². The molecule has 0 aromatic heterocycles. The molecule has 38 heavy (non-hydrogen) atoms. The third-order valence-corrected chi connectivity index (χ3v) is 12.1. The van der Waals surface area contributed by atoms with Crippen molar-refractivity contribution in [3.63, 3.8) is 0 Å². The van der Waals surface area contributed by atoms with Gasteiger partial charge in [-0.1, -0.05) is 40.5 Å². The summed E-state index contributed by atoms with van der Waals surface area (Å²) >= 11 is 0. The Labute approximate surface area is 227 Å². The van der Waals surface area contributed by atoms with Crippen LogP contribution in [0.4, 0.5) is 0 Å². The molecule has 0 aromatic carbocycles. The van der Waals surface area contributed by atoms with Gasteiger partial charge in [-0.2, -0.15) is 0 Å². The molecule has 5 aliphatic rings. The zero-order chi connectivity index (χ0) is 28.0. The first-order valence-corrected chi connectivity index (χ1v) is 15.0. The molecule has 15 atom stereocenters. The first-order valence-electron chi connectivity index (χ1n) is 15.0. The molecule has 0 bridgehead atoms. The van der Waals surface area contributed by atoms with Crippen LogP contribution in [0.1, 0.15) is 86.5 Å². The molecule has 5 rings (SSSR count). The zero-order valence-corrected chi connectivity index (χ0v) is 24.1. The molecule has 0 amide bonds. The Hall–Kier alpha value is -0.320. The van der Waals surface area contributed by atoms with E-state index in [1.54, 1.807) is 0 Å². The van der Waals surface area contributed by atoms with Crippen LogP contribution in [-0.2, 0) is 9.47 Å². The highest BCUT2D eigenvalue weighted by Crippen LogP contribution is 2.71. The average molecular weight is 541 g/mol. The minimum absolute atomic E-state index is 0.0994. The quantitative estimate of drug-likeness (QED) is 0.301. The van der Waals surface area contributed by atoms with Crippen molar-refractivity contribution in [1.29, 1.82) is 0 Å². The molecule has 0 spiro atoms. The highest BCUT2D eigenvalue weighted by Gasteiger charge is 2.78. The van der Waals surface area contributed by atoms with Gasteiger partial charge in [-0.3, -0.25) is 0 Å². The van der Waals surface area contributed by atoms with Crippen LogP contribution in [-0.4, -0.2) is 85.3 Å². The van der Waals surface area contributed by atoms with Crippen LogP contribution >= 0.6 is 0 Å². The van der Waals surface area contributed by atoms with Gasteiger partial charge in [0.1, 0.15) is 11.7 Å². The molecule has 5 fully saturated rings. The second-order valence-corrected chi connectivity index (χ2v) is 14.8. The molecule has 1 aliphatic heterocycles. The summed E-state index contributed by atoms with van der Waals surface area (Å²) < 4.78 is 13.1. The predicted octanol–water partition coefficient (Wildman–Crippen LogP) is 2.21. The monoisotopic (exact) mass is 540 g/mol. The molecule has 4 saturated carbocycles. The van der Waals surface area contributed by atoms with Crippen LogP contribution in [0, 0.1) is 46.3 Å². The third kappa shape index (κ3) is 3.99. The molecule has 0 aromatic rings. The van der Waals surface area contributed by atoms with E-state index < -0.39 is 59.2 Å². The van der Waals surface area contributed by atoms with E-state index in [1.807, 2.05) is 20.8 Å². The van der Waals surface area contributed by atoms with E-state index in [0.29, 0.717) is 19.3 Å². The molecular weight excluding hydrogens is 488 g/mol. The smallest absolute Gasteiger partial charge is 0.163 e. The van der Waals surface area contributed by atoms with Gasteiger partial charge in [-0.05, 0) is 80.5 Å². The summed E-state index contributed by atoms with van der Waals surface area (Å²) in [4.78, 5) is 0. The Bertz CT molecular complexity index is 882. The molecule has 8 nitrogen and oxygen atoms in total. The van der Waals surface area contributed by atoms with Crippen molar-refractivity contribution in [1.82, 2.24) is 0 Å². The topological polar surface area (TPSA) is 140 Å². The average Bonchev–Trinajstić information content (AvgIpc) is 3.26. The molecule has 1 saturated heterocycles. The Balaban J connectivity index is 1.53. The third-order valence-electron chi connectivity index (χ3n) is 12.1. The zero-order valence-electron chi connectivity index (χ0n) is 24.1. The summed E-state index contributed by atoms with van der Waals surface area (Å²) in [6.45, 7) is 12.5. The minimum atomic E-state index is -1.62. The van der Waals surface area contributed by atoms with Gasteiger partial charge >= 0.3 is 0 Å². The summed E-state index contributed by atoms with van der Waals surface area (Å²) in [5.41, 5.74) is -2.63. The summed E-state index contributed by atoms with van der Waals surface area (Å²) in [6.07, 6.45) is -0.203. The number of rotatable bonds is 6. The number of aliphatic hydroxyl groups is 6. The highest BCUT2D eigenvalue weighted by atomic mass is 16.8. The fourth-order valence-electron chi connectivity index (χ4n) is 10.5.